The Labute approximate surface area is 200 Å². The SMILES string of the molecule is CC(C)(C)OC(=O)N1CCCO[C@H](C(=O)NC(C#N)CC23CC(c4ccc(C#N)cc4)(C2)C3)C1. The van der Waals surface area contributed by atoms with E-state index in [1.165, 1.54) is 10.5 Å². The average Bonchev–Trinajstić information content (AvgIpc) is 3.00. The fraction of sp³-hybridized carbons (Fsp3) is 0.615. The quantitative estimate of drug-likeness (QED) is 0.714. The van der Waals surface area contributed by atoms with Crippen LogP contribution in [0.3, 0.4) is 0 Å². The van der Waals surface area contributed by atoms with Crippen molar-refractivity contribution in [2.75, 3.05) is 19.7 Å². The first-order chi connectivity index (χ1) is 16.1. The number of hydrogen-bond acceptors (Lipinski definition) is 6. The van der Waals surface area contributed by atoms with E-state index in [0.29, 0.717) is 31.6 Å². The summed E-state index contributed by atoms with van der Waals surface area (Å²) >= 11 is 0. The Morgan fingerprint density at radius 1 is 1.24 bits per heavy atom. The normalized spacial score (nSPS) is 28.7. The van der Waals surface area contributed by atoms with Gasteiger partial charge < -0.3 is 19.7 Å². The molecule has 4 aliphatic rings. The van der Waals surface area contributed by atoms with Crippen LogP contribution in [0.15, 0.2) is 24.3 Å². The van der Waals surface area contributed by atoms with E-state index >= 15 is 0 Å². The number of nitrogens with one attached hydrogen (secondary N) is 1. The van der Waals surface area contributed by atoms with Gasteiger partial charge in [-0.25, -0.2) is 4.79 Å². The van der Waals surface area contributed by atoms with Crippen molar-refractivity contribution in [3.05, 3.63) is 35.4 Å². The molecule has 180 valence electrons. The van der Waals surface area contributed by atoms with Crippen molar-refractivity contribution in [2.45, 2.75) is 76.0 Å². The van der Waals surface area contributed by atoms with Crippen molar-refractivity contribution < 1.29 is 19.1 Å². The lowest BCUT2D eigenvalue weighted by Crippen LogP contribution is -2.66. The summed E-state index contributed by atoms with van der Waals surface area (Å²) < 4.78 is 11.1. The molecule has 1 aromatic carbocycles. The van der Waals surface area contributed by atoms with Gasteiger partial charge in [0.15, 0.2) is 6.10 Å². The number of benzene rings is 1. The summed E-state index contributed by atoms with van der Waals surface area (Å²) in [6, 6.07) is 11.6. The lowest BCUT2D eigenvalue weighted by Gasteiger charge is -2.72. The Hall–Kier alpha value is -3.10. The molecule has 5 rings (SSSR count). The number of nitriles is 2. The van der Waals surface area contributed by atoms with Crippen molar-refractivity contribution in [3.63, 3.8) is 0 Å². The van der Waals surface area contributed by atoms with E-state index in [4.69, 9.17) is 14.7 Å². The fourth-order valence-corrected chi connectivity index (χ4v) is 5.72. The smallest absolute Gasteiger partial charge is 0.410 e. The summed E-state index contributed by atoms with van der Waals surface area (Å²) in [5.41, 5.74) is 1.51. The minimum atomic E-state index is -0.830. The second kappa shape index (κ2) is 8.92. The third kappa shape index (κ3) is 4.88. The average molecular weight is 465 g/mol. The molecule has 1 aromatic rings. The zero-order valence-corrected chi connectivity index (χ0v) is 20.1. The van der Waals surface area contributed by atoms with Gasteiger partial charge in [0.2, 0.25) is 0 Å². The zero-order chi connectivity index (χ0) is 24.6. The third-order valence-corrected chi connectivity index (χ3v) is 7.10. The van der Waals surface area contributed by atoms with Gasteiger partial charge in [-0.15, -0.1) is 0 Å². The Balaban J connectivity index is 1.31. The maximum absolute atomic E-state index is 12.9. The van der Waals surface area contributed by atoms with Gasteiger partial charge in [-0.05, 0) is 81.4 Å². The first-order valence-corrected chi connectivity index (χ1v) is 11.9. The van der Waals surface area contributed by atoms with Crippen molar-refractivity contribution in [3.8, 4) is 12.1 Å². The minimum Gasteiger partial charge on any atom is -0.444 e. The number of rotatable bonds is 5. The molecule has 0 spiro atoms. The number of nitrogens with zero attached hydrogens (tertiary/aromatic N) is 3. The standard InChI is InChI=1S/C26H32N4O4/c1-24(2,3)34-23(32)30-9-4-10-33-21(14-30)22(31)29-20(13-28)11-25-15-26(16-25,17-25)19-7-5-18(12-27)6-8-19/h5-8,20-21H,4,9-11,14-17H2,1-3H3,(H,29,31)/t20?,21-,25?,26?/m0/s1. The van der Waals surface area contributed by atoms with Gasteiger partial charge in [0.25, 0.3) is 5.91 Å². The molecular formula is C26H32N4O4. The van der Waals surface area contributed by atoms with E-state index < -0.39 is 23.8 Å². The van der Waals surface area contributed by atoms with Crippen LogP contribution in [0.4, 0.5) is 4.79 Å². The minimum absolute atomic E-state index is 0.0778. The van der Waals surface area contributed by atoms with E-state index in [9.17, 15) is 14.9 Å². The number of carbonyl (C=O) groups is 2. The van der Waals surface area contributed by atoms with Crippen LogP contribution in [-0.2, 0) is 19.7 Å². The molecule has 4 fully saturated rings. The highest BCUT2D eigenvalue weighted by atomic mass is 16.6. The highest BCUT2D eigenvalue weighted by molar-refractivity contribution is 5.82. The molecule has 1 aliphatic heterocycles. The van der Waals surface area contributed by atoms with Crippen LogP contribution in [-0.4, -0.2) is 54.3 Å². The van der Waals surface area contributed by atoms with Gasteiger partial charge in [0, 0.05) is 13.2 Å². The van der Waals surface area contributed by atoms with Gasteiger partial charge in [0.1, 0.15) is 11.6 Å². The van der Waals surface area contributed by atoms with Crippen LogP contribution in [0.5, 0.6) is 0 Å². The van der Waals surface area contributed by atoms with Crippen LogP contribution in [0.2, 0.25) is 0 Å². The van der Waals surface area contributed by atoms with Crippen LogP contribution in [0.1, 0.15) is 64.0 Å². The Morgan fingerprint density at radius 3 is 2.50 bits per heavy atom. The zero-order valence-electron chi connectivity index (χ0n) is 20.1. The summed E-state index contributed by atoms with van der Waals surface area (Å²) in [7, 11) is 0. The molecule has 34 heavy (non-hydrogen) atoms. The summed E-state index contributed by atoms with van der Waals surface area (Å²) in [6.45, 7) is 6.34. The predicted octanol–water partition coefficient (Wildman–Crippen LogP) is 3.40. The molecular weight excluding hydrogens is 432 g/mol. The Morgan fingerprint density at radius 2 is 1.91 bits per heavy atom. The summed E-state index contributed by atoms with van der Waals surface area (Å²) in [5, 5.41) is 21.6. The third-order valence-electron chi connectivity index (χ3n) is 7.10. The summed E-state index contributed by atoms with van der Waals surface area (Å²) in [6.07, 6.45) is 2.91. The molecule has 1 unspecified atom stereocenters. The molecule has 3 aliphatic carbocycles. The largest absolute Gasteiger partial charge is 0.444 e. The van der Waals surface area contributed by atoms with E-state index in [1.54, 1.807) is 20.8 Å². The molecule has 3 saturated carbocycles. The lowest BCUT2D eigenvalue weighted by atomic mass is 9.32. The lowest BCUT2D eigenvalue weighted by molar-refractivity contribution is -0.151. The molecule has 8 heteroatoms. The van der Waals surface area contributed by atoms with Crippen LogP contribution >= 0.6 is 0 Å². The van der Waals surface area contributed by atoms with E-state index in [1.807, 2.05) is 24.3 Å². The predicted molar refractivity (Wildman–Crippen MR) is 123 cm³/mol. The number of carbonyl (C=O) groups excluding carboxylic acids is 2. The Bertz CT molecular complexity index is 1010. The molecule has 1 heterocycles. The molecule has 2 atom stereocenters. The number of amides is 2. The Kier molecular flexibility index (Phi) is 6.31. The molecule has 1 N–H and O–H groups in total. The van der Waals surface area contributed by atoms with E-state index in [-0.39, 0.29) is 23.3 Å². The maximum Gasteiger partial charge on any atom is 0.410 e. The second-order valence-electron chi connectivity index (χ2n) is 11.0. The second-order valence-corrected chi connectivity index (χ2v) is 11.0. The highest BCUT2D eigenvalue weighted by Crippen LogP contribution is 2.75. The monoisotopic (exact) mass is 464 g/mol. The maximum atomic E-state index is 12.9. The van der Waals surface area contributed by atoms with Gasteiger partial charge >= 0.3 is 6.09 Å². The summed E-state index contributed by atoms with van der Waals surface area (Å²) in [5.74, 6) is -0.365. The van der Waals surface area contributed by atoms with Crippen LogP contribution in [0.25, 0.3) is 0 Å². The molecule has 0 radical (unpaired) electrons. The van der Waals surface area contributed by atoms with Crippen molar-refractivity contribution in [1.82, 2.24) is 10.2 Å². The van der Waals surface area contributed by atoms with Crippen molar-refractivity contribution in [1.29, 1.82) is 10.5 Å². The topological polar surface area (TPSA) is 115 Å². The van der Waals surface area contributed by atoms with Crippen molar-refractivity contribution >= 4 is 12.0 Å². The molecule has 0 aromatic heterocycles. The molecule has 2 amide bonds. The van der Waals surface area contributed by atoms with Gasteiger partial charge in [0.05, 0.1) is 24.2 Å². The van der Waals surface area contributed by atoms with E-state index in [2.05, 4.69) is 17.5 Å². The van der Waals surface area contributed by atoms with Crippen LogP contribution in [0, 0.1) is 28.1 Å². The fourth-order valence-electron chi connectivity index (χ4n) is 5.72. The van der Waals surface area contributed by atoms with Gasteiger partial charge in [-0.3, -0.25) is 4.79 Å². The first-order valence-electron chi connectivity index (χ1n) is 11.9. The van der Waals surface area contributed by atoms with E-state index in [0.717, 1.165) is 19.3 Å². The van der Waals surface area contributed by atoms with Crippen molar-refractivity contribution in [2.24, 2.45) is 5.41 Å². The first kappa shape index (κ1) is 24.0. The number of ether oxygens (including phenoxy) is 2. The molecule has 1 saturated heterocycles. The molecule has 8 nitrogen and oxygen atoms in total. The van der Waals surface area contributed by atoms with Gasteiger partial charge in [-0.1, -0.05) is 12.1 Å². The van der Waals surface area contributed by atoms with Gasteiger partial charge in [-0.2, -0.15) is 10.5 Å². The number of hydrogen-bond donors (Lipinski definition) is 1. The molecule has 2 bridgehead atoms. The highest BCUT2D eigenvalue weighted by Gasteiger charge is 2.68. The van der Waals surface area contributed by atoms with Crippen LogP contribution < -0.4 is 5.32 Å². The summed E-state index contributed by atoms with van der Waals surface area (Å²) in [4.78, 5) is 26.9.